The highest BCUT2D eigenvalue weighted by Gasteiger charge is 1.90. The Morgan fingerprint density at radius 2 is 2.56 bits per heavy atom. The first-order valence-electron chi connectivity index (χ1n) is 2.04. The Bertz CT molecular complexity index is 145. The molecule has 0 aromatic carbocycles. The highest BCUT2D eigenvalue weighted by molar-refractivity contribution is 6.99. The summed E-state index contributed by atoms with van der Waals surface area (Å²) in [5, 5.41) is 0. The highest BCUT2D eigenvalue weighted by Crippen LogP contribution is 2.02. The normalized spacial score (nSPS) is 8.11. The summed E-state index contributed by atoms with van der Waals surface area (Å²) in [7, 11) is 0. The van der Waals surface area contributed by atoms with Gasteiger partial charge in [0.25, 0.3) is 0 Å². The first-order chi connectivity index (χ1) is 3.93. The monoisotopic (exact) mass is 167 g/mol. The summed E-state index contributed by atoms with van der Waals surface area (Å²) in [5.74, 6) is 0.498. The van der Waals surface area contributed by atoms with Crippen LogP contribution in [0.4, 0.5) is 0 Å². The topological polar surface area (TPSA) is 61.0 Å². The van der Waals surface area contributed by atoms with Gasteiger partial charge in [0.15, 0.2) is 0 Å². The van der Waals surface area contributed by atoms with E-state index in [0.717, 1.165) is 11.7 Å². The summed E-state index contributed by atoms with van der Waals surface area (Å²) >= 11 is 1.10. The Morgan fingerprint density at radius 3 is 3.00 bits per heavy atom. The van der Waals surface area contributed by atoms with Gasteiger partial charge in [-0.2, -0.15) is 4.37 Å². The number of hydrogen-bond acceptors (Lipinski definition) is 5. The molecule has 1 aromatic rings. The molecule has 0 radical (unpaired) electrons. The summed E-state index contributed by atoms with van der Waals surface area (Å²) in [6.45, 7) is 0.158. The SMILES string of the molecule is Cl.NCOc1cnsn1. The third-order valence-corrected chi connectivity index (χ3v) is 1.03. The highest BCUT2D eigenvalue weighted by atomic mass is 35.5. The molecule has 0 unspecified atom stereocenters. The van der Waals surface area contributed by atoms with Gasteiger partial charge in [0.2, 0.25) is 5.88 Å². The Morgan fingerprint density at radius 1 is 1.78 bits per heavy atom. The van der Waals surface area contributed by atoms with Gasteiger partial charge in [-0.1, -0.05) is 0 Å². The molecule has 0 fully saturated rings. The number of halogens is 1. The van der Waals surface area contributed by atoms with Gasteiger partial charge < -0.3 is 4.74 Å². The smallest absolute Gasteiger partial charge is 0.247 e. The molecule has 0 spiro atoms. The number of ether oxygens (including phenoxy) is 1. The van der Waals surface area contributed by atoms with E-state index in [1.54, 1.807) is 0 Å². The van der Waals surface area contributed by atoms with Gasteiger partial charge in [0, 0.05) is 0 Å². The molecule has 0 amide bonds. The fourth-order valence-electron chi connectivity index (χ4n) is 0.305. The van der Waals surface area contributed by atoms with E-state index in [4.69, 9.17) is 10.5 Å². The number of hydrogen-bond donors (Lipinski definition) is 1. The minimum atomic E-state index is 0. The van der Waals surface area contributed by atoms with Gasteiger partial charge in [0.05, 0.1) is 11.7 Å². The zero-order valence-corrected chi connectivity index (χ0v) is 6.11. The van der Waals surface area contributed by atoms with E-state index in [2.05, 4.69) is 8.75 Å². The lowest BCUT2D eigenvalue weighted by atomic mass is 10.8. The molecule has 0 saturated carbocycles. The summed E-state index contributed by atoms with van der Waals surface area (Å²) in [4.78, 5) is 0. The second kappa shape index (κ2) is 4.49. The first kappa shape index (κ1) is 8.61. The molecular formula is C3H6ClN3OS. The number of nitrogens with two attached hydrogens (primary N) is 1. The van der Waals surface area contributed by atoms with Crippen molar-refractivity contribution in [1.29, 1.82) is 0 Å². The van der Waals surface area contributed by atoms with Crippen molar-refractivity contribution < 1.29 is 4.74 Å². The van der Waals surface area contributed by atoms with Crippen molar-refractivity contribution >= 4 is 24.1 Å². The lowest BCUT2D eigenvalue weighted by Gasteiger charge is -1.91. The van der Waals surface area contributed by atoms with Crippen LogP contribution in [0.1, 0.15) is 0 Å². The molecule has 0 bridgehead atoms. The van der Waals surface area contributed by atoms with Crippen molar-refractivity contribution in [1.82, 2.24) is 8.75 Å². The summed E-state index contributed by atoms with van der Waals surface area (Å²) in [6, 6.07) is 0. The maximum Gasteiger partial charge on any atom is 0.247 e. The van der Waals surface area contributed by atoms with Crippen molar-refractivity contribution in [3.8, 4) is 5.88 Å². The van der Waals surface area contributed by atoms with Crippen LogP contribution in [-0.4, -0.2) is 15.5 Å². The fourth-order valence-corrected chi connectivity index (χ4v) is 0.670. The first-order valence-corrected chi connectivity index (χ1v) is 2.77. The molecule has 6 heteroatoms. The summed E-state index contributed by atoms with van der Waals surface area (Å²) < 4.78 is 12.2. The fraction of sp³-hybridized carbons (Fsp3) is 0.333. The standard InChI is InChI=1S/C3H5N3OS.ClH/c4-2-7-3-1-5-8-6-3;/h1H,2,4H2;1H. The van der Waals surface area contributed by atoms with Gasteiger partial charge in [-0.25, -0.2) is 0 Å². The molecule has 0 atom stereocenters. The molecule has 0 aliphatic rings. The minimum absolute atomic E-state index is 0. The van der Waals surface area contributed by atoms with Crippen LogP contribution in [0, 0.1) is 0 Å². The molecule has 4 nitrogen and oxygen atoms in total. The Hall–Kier alpha value is -0.390. The van der Waals surface area contributed by atoms with E-state index in [9.17, 15) is 0 Å². The Balaban J connectivity index is 0.000000640. The van der Waals surface area contributed by atoms with Crippen LogP contribution in [-0.2, 0) is 0 Å². The number of aromatic nitrogens is 2. The predicted octanol–water partition coefficient (Wildman–Crippen LogP) is 0.255. The van der Waals surface area contributed by atoms with Crippen LogP contribution >= 0.6 is 24.1 Å². The molecule has 1 rings (SSSR count). The van der Waals surface area contributed by atoms with Crippen molar-refractivity contribution in [2.45, 2.75) is 0 Å². The van der Waals surface area contributed by atoms with E-state index in [1.807, 2.05) is 0 Å². The summed E-state index contributed by atoms with van der Waals surface area (Å²) in [5.41, 5.74) is 5.03. The van der Waals surface area contributed by atoms with Crippen molar-refractivity contribution in [2.75, 3.05) is 6.73 Å². The average Bonchev–Trinajstić information content (AvgIpc) is 2.19. The summed E-state index contributed by atoms with van der Waals surface area (Å²) in [6.07, 6.45) is 1.53. The second-order valence-electron chi connectivity index (χ2n) is 1.06. The molecule has 0 saturated heterocycles. The van der Waals surface area contributed by atoms with E-state index in [1.165, 1.54) is 6.20 Å². The van der Waals surface area contributed by atoms with Crippen LogP contribution < -0.4 is 10.5 Å². The molecule has 0 aliphatic heterocycles. The molecular weight excluding hydrogens is 162 g/mol. The maximum atomic E-state index is 5.03. The van der Waals surface area contributed by atoms with Crippen molar-refractivity contribution in [3.05, 3.63) is 6.20 Å². The number of nitrogens with zero attached hydrogens (tertiary/aromatic N) is 2. The lowest BCUT2D eigenvalue weighted by molar-refractivity contribution is 0.319. The average molecular weight is 168 g/mol. The Kier molecular flexibility index (Phi) is 4.29. The van der Waals surface area contributed by atoms with Gasteiger partial charge in [0.1, 0.15) is 12.9 Å². The molecule has 52 valence electrons. The van der Waals surface area contributed by atoms with Gasteiger partial charge in [-0.3, -0.25) is 5.73 Å². The van der Waals surface area contributed by atoms with Crippen LogP contribution in [0.5, 0.6) is 5.88 Å². The minimum Gasteiger partial charge on any atom is -0.460 e. The quantitative estimate of drug-likeness (QED) is 0.642. The van der Waals surface area contributed by atoms with Crippen molar-refractivity contribution in [3.63, 3.8) is 0 Å². The van der Waals surface area contributed by atoms with Crippen LogP contribution in [0.25, 0.3) is 0 Å². The van der Waals surface area contributed by atoms with Crippen molar-refractivity contribution in [2.24, 2.45) is 5.73 Å². The van der Waals surface area contributed by atoms with Crippen LogP contribution in [0.3, 0.4) is 0 Å². The molecule has 1 heterocycles. The van der Waals surface area contributed by atoms with E-state index >= 15 is 0 Å². The van der Waals surface area contributed by atoms with Crippen LogP contribution in [0.15, 0.2) is 6.20 Å². The largest absolute Gasteiger partial charge is 0.460 e. The molecule has 2 N–H and O–H groups in total. The third kappa shape index (κ3) is 2.59. The van der Waals surface area contributed by atoms with Crippen LogP contribution in [0.2, 0.25) is 0 Å². The van der Waals surface area contributed by atoms with E-state index in [-0.39, 0.29) is 19.1 Å². The zero-order chi connectivity index (χ0) is 5.82. The predicted molar refractivity (Wildman–Crippen MR) is 36.8 cm³/mol. The van der Waals surface area contributed by atoms with E-state index < -0.39 is 0 Å². The lowest BCUT2D eigenvalue weighted by Crippen LogP contribution is -2.06. The van der Waals surface area contributed by atoms with E-state index in [0.29, 0.717) is 5.88 Å². The van der Waals surface area contributed by atoms with Gasteiger partial charge in [-0.15, -0.1) is 16.8 Å². The second-order valence-corrected chi connectivity index (χ2v) is 1.61. The number of rotatable bonds is 2. The van der Waals surface area contributed by atoms with Gasteiger partial charge >= 0.3 is 0 Å². The maximum absolute atomic E-state index is 5.03. The molecule has 1 aromatic heterocycles. The molecule has 0 aliphatic carbocycles. The molecule has 9 heavy (non-hydrogen) atoms. The third-order valence-electron chi connectivity index (χ3n) is 0.572. The zero-order valence-electron chi connectivity index (χ0n) is 4.48. The van der Waals surface area contributed by atoms with Gasteiger partial charge in [-0.05, 0) is 0 Å². The Labute approximate surface area is 62.8 Å².